The normalized spacial score (nSPS) is 12.7. The second kappa shape index (κ2) is 13.5. The summed E-state index contributed by atoms with van der Waals surface area (Å²) in [6.45, 7) is 0. The highest BCUT2D eigenvalue weighted by Gasteiger charge is 2.46. The Morgan fingerprint density at radius 3 is 1.62 bits per heavy atom. The Kier molecular flexibility index (Phi) is 7.87. The number of phenols is 1. The molecule has 3 nitrogen and oxygen atoms in total. The minimum atomic E-state index is -0.615. The zero-order valence-corrected chi connectivity index (χ0v) is 31.6. The third kappa shape index (κ3) is 5.14. The Labute approximate surface area is 337 Å². The number of fused-ring (bicyclic) bond motifs is 6. The van der Waals surface area contributed by atoms with Crippen molar-refractivity contribution in [3.63, 3.8) is 0 Å². The Morgan fingerprint density at radius 2 is 0.914 bits per heavy atom. The highest BCUT2D eigenvalue weighted by molar-refractivity contribution is 6.13. The number of phenolic OH excluding ortho intramolecular Hbond substituents is 1. The van der Waals surface area contributed by atoms with E-state index in [0.29, 0.717) is 0 Å². The van der Waals surface area contributed by atoms with Crippen molar-refractivity contribution in [3.05, 3.63) is 241 Å². The third-order valence-electron chi connectivity index (χ3n) is 11.9. The molecule has 1 aliphatic rings. The molecule has 0 aliphatic heterocycles. The Balaban J connectivity index is 1.12. The molecule has 11 rings (SSSR count). The number of para-hydroxylation sites is 4. The molecule has 1 aromatic heterocycles. The standard InChI is InChI=1S/C55H37NO2/c57-52-31-12-9-22-43(52)38-18-13-19-40(36-38)55(49-28-10-7-23-45(49)46-24-8-11-29-50(46)55)39-32-34-42(35-33-39)56(41-20-5-2-6-21-41)51-30-15-27-48-47-26-14-25-44(53(47)58-54(48)51)37-16-3-1-4-17-37/h1-36,57H. The molecular weight excluding hydrogens is 707 g/mol. The highest BCUT2D eigenvalue weighted by atomic mass is 16.3. The van der Waals surface area contributed by atoms with E-state index >= 15 is 0 Å². The average Bonchev–Trinajstić information content (AvgIpc) is 3.83. The van der Waals surface area contributed by atoms with Crippen molar-refractivity contribution >= 4 is 39.0 Å². The van der Waals surface area contributed by atoms with Crippen molar-refractivity contribution in [3.8, 4) is 39.1 Å². The first-order valence-electron chi connectivity index (χ1n) is 19.7. The number of benzene rings is 9. The number of rotatable bonds is 7. The van der Waals surface area contributed by atoms with Crippen LogP contribution >= 0.6 is 0 Å². The molecule has 0 radical (unpaired) electrons. The van der Waals surface area contributed by atoms with Gasteiger partial charge in [0.25, 0.3) is 0 Å². The van der Waals surface area contributed by atoms with E-state index < -0.39 is 5.41 Å². The van der Waals surface area contributed by atoms with Crippen LogP contribution in [0.4, 0.5) is 17.1 Å². The number of hydrogen-bond donors (Lipinski definition) is 1. The van der Waals surface area contributed by atoms with E-state index in [0.717, 1.165) is 72.4 Å². The third-order valence-corrected chi connectivity index (χ3v) is 11.9. The van der Waals surface area contributed by atoms with Crippen molar-refractivity contribution in [2.45, 2.75) is 5.41 Å². The first-order valence-corrected chi connectivity index (χ1v) is 19.7. The molecule has 0 unspecified atom stereocenters. The molecule has 58 heavy (non-hydrogen) atoms. The summed E-state index contributed by atoms with van der Waals surface area (Å²) in [5.41, 5.74) is 15.3. The first-order chi connectivity index (χ1) is 28.7. The maximum absolute atomic E-state index is 10.9. The van der Waals surface area contributed by atoms with Crippen LogP contribution in [0.25, 0.3) is 55.3 Å². The number of furan rings is 1. The van der Waals surface area contributed by atoms with E-state index in [-0.39, 0.29) is 5.75 Å². The molecule has 0 amide bonds. The van der Waals surface area contributed by atoms with Gasteiger partial charge in [0, 0.05) is 33.3 Å². The SMILES string of the molecule is Oc1ccccc1-c1cccc(C2(c3ccc(N(c4ccccc4)c4cccc5c4oc4c(-c6ccccc6)cccc45)cc3)c3ccccc3-c3ccccc32)c1. The predicted molar refractivity (Wildman–Crippen MR) is 238 cm³/mol. The summed E-state index contributed by atoms with van der Waals surface area (Å²) in [6, 6.07) is 76.8. The summed E-state index contributed by atoms with van der Waals surface area (Å²) < 4.78 is 6.95. The summed E-state index contributed by atoms with van der Waals surface area (Å²) in [6.07, 6.45) is 0. The van der Waals surface area contributed by atoms with Gasteiger partial charge in [-0.1, -0.05) is 176 Å². The molecule has 9 aromatic carbocycles. The second-order valence-corrected chi connectivity index (χ2v) is 15.0. The van der Waals surface area contributed by atoms with Crippen LogP contribution < -0.4 is 4.90 Å². The molecule has 0 saturated heterocycles. The minimum Gasteiger partial charge on any atom is -0.507 e. The summed E-state index contributed by atoms with van der Waals surface area (Å²) in [5, 5.41) is 13.1. The lowest BCUT2D eigenvalue weighted by atomic mass is 9.67. The van der Waals surface area contributed by atoms with Crippen LogP contribution in [-0.2, 0) is 5.41 Å². The molecule has 0 atom stereocenters. The first kappa shape index (κ1) is 33.7. The summed E-state index contributed by atoms with van der Waals surface area (Å²) in [5.74, 6) is 0.266. The maximum atomic E-state index is 10.9. The van der Waals surface area contributed by atoms with Gasteiger partial charge < -0.3 is 14.4 Å². The van der Waals surface area contributed by atoms with Crippen molar-refractivity contribution < 1.29 is 9.52 Å². The van der Waals surface area contributed by atoms with E-state index in [9.17, 15) is 5.11 Å². The van der Waals surface area contributed by atoms with Crippen LogP contribution in [0, 0.1) is 0 Å². The molecular formula is C55H37NO2. The van der Waals surface area contributed by atoms with Crippen LogP contribution in [0.3, 0.4) is 0 Å². The fraction of sp³-hybridized carbons (Fsp3) is 0.0182. The number of hydrogen-bond acceptors (Lipinski definition) is 3. The smallest absolute Gasteiger partial charge is 0.159 e. The number of nitrogens with zero attached hydrogens (tertiary/aromatic N) is 1. The van der Waals surface area contributed by atoms with E-state index in [2.05, 4.69) is 193 Å². The van der Waals surface area contributed by atoms with Crippen LogP contribution in [0.1, 0.15) is 22.3 Å². The molecule has 1 heterocycles. The lowest BCUT2D eigenvalue weighted by molar-refractivity contribution is 0.477. The van der Waals surface area contributed by atoms with E-state index in [4.69, 9.17) is 4.42 Å². The predicted octanol–water partition coefficient (Wildman–Crippen LogP) is 14.5. The van der Waals surface area contributed by atoms with Crippen molar-refractivity contribution in [1.29, 1.82) is 0 Å². The molecule has 0 saturated carbocycles. The molecule has 0 spiro atoms. The summed E-state index contributed by atoms with van der Waals surface area (Å²) in [7, 11) is 0. The molecule has 0 fully saturated rings. The van der Waals surface area contributed by atoms with E-state index in [1.807, 2.05) is 24.3 Å². The van der Waals surface area contributed by atoms with Gasteiger partial charge in [0.15, 0.2) is 5.58 Å². The topological polar surface area (TPSA) is 36.6 Å². The van der Waals surface area contributed by atoms with Crippen LogP contribution in [0.5, 0.6) is 5.75 Å². The molecule has 1 aliphatic carbocycles. The largest absolute Gasteiger partial charge is 0.507 e. The molecule has 3 heteroatoms. The highest BCUT2D eigenvalue weighted by Crippen LogP contribution is 2.57. The van der Waals surface area contributed by atoms with Crippen molar-refractivity contribution in [1.82, 2.24) is 0 Å². The van der Waals surface area contributed by atoms with Crippen molar-refractivity contribution in [2.24, 2.45) is 0 Å². The van der Waals surface area contributed by atoms with Gasteiger partial charge in [0.05, 0.1) is 11.1 Å². The minimum absolute atomic E-state index is 0.266. The van der Waals surface area contributed by atoms with E-state index in [1.54, 1.807) is 6.07 Å². The quantitative estimate of drug-likeness (QED) is 0.177. The van der Waals surface area contributed by atoms with Crippen LogP contribution in [-0.4, -0.2) is 5.11 Å². The fourth-order valence-corrected chi connectivity index (χ4v) is 9.35. The lowest BCUT2D eigenvalue weighted by Crippen LogP contribution is -2.28. The van der Waals surface area contributed by atoms with Gasteiger partial charge >= 0.3 is 0 Å². The van der Waals surface area contributed by atoms with E-state index in [1.165, 1.54) is 22.3 Å². The lowest BCUT2D eigenvalue weighted by Gasteiger charge is -2.35. The fourth-order valence-electron chi connectivity index (χ4n) is 9.35. The van der Waals surface area contributed by atoms with Crippen LogP contribution in [0.2, 0.25) is 0 Å². The molecule has 10 aromatic rings. The second-order valence-electron chi connectivity index (χ2n) is 15.0. The molecule has 0 bridgehead atoms. The molecule has 274 valence electrons. The maximum Gasteiger partial charge on any atom is 0.159 e. The zero-order chi connectivity index (χ0) is 38.6. The zero-order valence-electron chi connectivity index (χ0n) is 31.6. The summed E-state index contributed by atoms with van der Waals surface area (Å²) in [4.78, 5) is 2.30. The van der Waals surface area contributed by atoms with Crippen LogP contribution in [0.15, 0.2) is 223 Å². The van der Waals surface area contributed by atoms with Gasteiger partial charge in [0.2, 0.25) is 0 Å². The number of anilines is 3. The van der Waals surface area contributed by atoms with Gasteiger partial charge in [-0.15, -0.1) is 0 Å². The van der Waals surface area contributed by atoms with Gasteiger partial charge in [0.1, 0.15) is 11.3 Å². The Bertz CT molecular complexity index is 3080. The number of aromatic hydroxyl groups is 1. The Morgan fingerprint density at radius 1 is 0.379 bits per heavy atom. The molecule has 1 N–H and O–H groups in total. The average molecular weight is 744 g/mol. The monoisotopic (exact) mass is 743 g/mol. The van der Waals surface area contributed by atoms with Gasteiger partial charge in [-0.3, -0.25) is 0 Å². The van der Waals surface area contributed by atoms with Crippen molar-refractivity contribution in [2.75, 3.05) is 4.90 Å². The van der Waals surface area contributed by atoms with Gasteiger partial charge in [-0.25, -0.2) is 0 Å². The van der Waals surface area contributed by atoms with Gasteiger partial charge in [-0.05, 0) is 87.0 Å². The van der Waals surface area contributed by atoms with Gasteiger partial charge in [-0.2, -0.15) is 0 Å². The summed E-state index contributed by atoms with van der Waals surface area (Å²) >= 11 is 0. The Hall–Kier alpha value is -7.62.